The van der Waals surface area contributed by atoms with Crippen molar-refractivity contribution in [2.75, 3.05) is 5.73 Å². The van der Waals surface area contributed by atoms with Crippen molar-refractivity contribution in [1.29, 1.82) is 0 Å². The van der Waals surface area contributed by atoms with Crippen LogP contribution in [0.5, 0.6) is 0 Å². The van der Waals surface area contributed by atoms with Gasteiger partial charge in [0, 0.05) is 22.2 Å². The zero-order chi connectivity index (χ0) is 14.2. The molecule has 0 aliphatic rings. The van der Waals surface area contributed by atoms with Crippen molar-refractivity contribution in [3.8, 4) is 22.9 Å². The van der Waals surface area contributed by atoms with Crippen molar-refractivity contribution in [1.82, 2.24) is 20.2 Å². The second-order valence-electron chi connectivity index (χ2n) is 4.87. The van der Waals surface area contributed by atoms with Gasteiger partial charge in [0.2, 0.25) is 0 Å². The van der Waals surface area contributed by atoms with Gasteiger partial charge in [-0.05, 0) is 24.3 Å². The van der Waals surface area contributed by atoms with Crippen LogP contribution in [0.1, 0.15) is 0 Å². The summed E-state index contributed by atoms with van der Waals surface area (Å²) in [6.45, 7) is 0. The molecule has 0 aliphatic carbocycles. The fourth-order valence-electron chi connectivity index (χ4n) is 2.40. The predicted molar refractivity (Wildman–Crippen MR) is 83.5 cm³/mol. The lowest BCUT2D eigenvalue weighted by Gasteiger charge is -1.98. The summed E-state index contributed by atoms with van der Waals surface area (Å²) in [7, 11) is 0. The largest absolute Gasteiger partial charge is 0.398 e. The maximum absolute atomic E-state index is 5.96. The first-order valence-corrected chi connectivity index (χ1v) is 6.67. The van der Waals surface area contributed by atoms with Crippen LogP contribution in [0.4, 0.5) is 5.69 Å². The smallest absolute Gasteiger partial charge is 0.183 e. The molecule has 0 unspecified atom stereocenters. The van der Waals surface area contributed by atoms with Gasteiger partial charge in [0.05, 0.1) is 5.69 Å². The Morgan fingerprint density at radius 2 is 1.76 bits per heavy atom. The standard InChI is InChI=1S/C16H13N5/c17-12-7-3-2-6-11(12)15-19-16(21-20-15)14-9-10-5-1-4-8-13(10)18-14/h1-9,18H,17H2,(H,19,20,21). The number of benzene rings is 2. The Hall–Kier alpha value is -3.08. The minimum Gasteiger partial charge on any atom is -0.398 e. The maximum Gasteiger partial charge on any atom is 0.183 e. The van der Waals surface area contributed by atoms with Gasteiger partial charge in [0.1, 0.15) is 0 Å². The van der Waals surface area contributed by atoms with Gasteiger partial charge in [0.15, 0.2) is 11.6 Å². The molecule has 0 spiro atoms. The van der Waals surface area contributed by atoms with Crippen LogP contribution in [0, 0.1) is 0 Å². The summed E-state index contributed by atoms with van der Waals surface area (Å²) in [6, 6.07) is 17.7. The fraction of sp³-hybridized carbons (Fsp3) is 0. The number of nitrogen functional groups attached to an aromatic ring is 1. The summed E-state index contributed by atoms with van der Waals surface area (Å²) in [4.78, 5) is 7.86. The van der Waals surface area contributed by atoms with Gasteiger partial charge in [-0.25, -0.2) is 4.98 Å². The fourth-order valence-corrected chi connectivity index (χ4v) is 2.40. The summed E-state index contributed by atoms with van der Waals surface area (Å²) in [5, 5.41) is 8.36. The van der Waals surface area contributed by atoms with Crippen molar-refractivity contribution in [3.63, 3.8) is 0 Å². The third kappa shape index (κ3) is 1.95. The molecule has 2 heterocycles. The van der Waals surface area contributed by atoms with Crippen LogP contribution in [0.3, 0.4) is 0 Å². The van der Waals surface area contributed by atoms with Crippen LogP contribution in [0.25, 0.3) is 33.8 Å². The highest BCUT2D eigenvalue weighted by Gasteiger charge is 2.11. The number of para-hydroxylation sites is 2. The van der Waals surface area contributed by atoms with E-state index in [-0.39, 0.29) is 0 Å². The number of H-pyrrole nitrogens is 2. The molecule has 2 aromatic carbocycles. The second kappa shape index (κ2) is 4.49. The Morgan fingerprint density at radius 3 is 2.62 bits per heavy atom. The number of nitrogens with zero attached hydrogens (tertiary/aromatic N) is 2. The quantitative estimate of drug-likeness (QED) is 0.491. The normalized spacial score (nSPS) is 11.0. The molecule has 0 saturated heterocycles. The molecular formula is C16H13N5. The molecule has 0 fully saturated rings. The number of nitrogens with two attached hydrogens (primary N) is 1. The van der Waals surface area contributed by atoms with Gasteiger partial charge >= 0.3 is 0 Å². The van der Waals surface area contributed by atoms with E-state index in [4.69, 9.17) is 5.73 Å². The van der Waals surface area contributed by atoms with Gasteiger partial charge < -0.3 is 10.7 Å². The number of fused-ring (bicyclic) bond motifs is 1. The Balaban J connectivity index is 1.79. The van der Waals surface area contributed by atoms with Crippen molar-refractivity contribution in [3.05, 3.63) is 54.6 Å². The molecule has 0 saturated carbocycles. The van der Waals surface area contributed by atoms with Gasteiger partial charge in [0.25, 0.3) is 0 Å². The number of aromatic amines is 2. The molecule has 4 aromatic rings. The first-order chi connectivity index (χ1) is 10.3. The zero-order valence-corrected chi connectivity index (χ0v) is 11.2. The summed E-state index contributed by atoms with van der Waals surface area (Å²) in [5.41, 5.74) is 9.44. The highest BCUT2D eigenvalue weighted by molar-refractivity contribution is 5.84. The van der Waals surface area contributed by atoms with Gasteiger partial charge in [-0.2, -0.15) is 5.10 Å². The Kier molecular flexibility index (Phi) is 2.50. The molecule has 21 heavy (non-hydrogen) atoms. The van der Waals surface area contributed by atoms with E-state index in [1.807, 2.05) is 48.5 Å². The molecule has 0 atom stereocenters. The highest BCUT2D eigenvalue weighted by atomic mass is 15.2. The molecule has 4 rings (SSSR count). The first kappa shape index (κ1) is 11.7. The van der Waals surface area contributed by atoms with E-state index in [9.17, 15) is 0 Å². The molecule has 2 aromatic heterocycles. The van der Waals surface area contributed by atoms with Crippen LogP contribution >= 0.6 is 0 Å². The topological polar surface area (TPSA) is 83.4 Å². The molecule has 0 radical (unpaired) electrons. The third-order valence-electron chi connectivity index (χ3n) is 3.47. The molecule has 4 N–H and O–H groups in total. The number of rotatable bonds is 2. The molecular weight excluding hydrogens is 262 g/mol. The van der Waals surface area contributed by atoms with Crippen LogP contribution in [-0.4, -0.2) is 20.2 Å². The molecule has 0 amide bonds. The van der Waals surface area contributed by atoms with Gasteiger partial charge in [-0.3, -0.25) is 5.10 Å². The number of hydrogen-bond acceptors (Lipinski definition) is 3. The van der Waals surface area contributed by atoms with E-state index in [1.165, 1.54) is 0 Å². The van der Waals surface area contributed by atoms with Crippen LogP contribution in [0.15, 0.2) is 54.6 Å². The van der Waals surface area contributed by atoms with Gasteiger partial charge in [-0.15, -0.1) is 0 Å². The average molecular weight is 275 g/mol. The van der Waals surface area contributed by atoms with E-state index in [0.29, 0.717) is 17.3 Å². The number of hydrogen-bond donors (Lipinski definition) is 3. The second-order valence-corrected chi connectivity index (χ2v) is 4.87. The van der Waals surface area contributed by atoms with Gasteiger partial charge in [-0.1, -0.05) is 30.3 Å². The van der Waals surface area contributed by atoms with E-state index < -0.39 is 0 Å². The van der Waals surface area contributed by atoms with Crippen LogP contribution in [0.2, 0.25) is 0 Å². The molecule has 5 heteroatoms. The predicted octanol–water partition coefficient (Wildman–Crippen LogP) is 3.20. The van der Waals surface area contributed by atoms with Crippen molar-refractivity contribution >= 4 is 16.6 Å². The lowest BCUT2D eigenvalue weighted by atomic mass is 10.2. The molecule has 0 bridgehead atoms. The Morgan fingerprint density at radius 1 is 0.952 bits per heavy atom. The minimum atomic E-state index is 0.599. The summed E-state index contributed by atoms with van der Waals surface area (Å²) >= 11 is 0. The number of nitrogens with one attached hydrogen (secondary N) is 2. The maximum atomic E-state index is 5.96. The molecule has 5 nitrogen and oxygen atoms in total. The number of aromatic nitrogens is 4. The SMILES string of the molecule is Nc1ccccc1-c1n[nH]c(-c2cc3ccccc3[nH]2)n1. The summed E-state index contributed by atoms with van der Waals surface area (Å²) < 4.78 is 0. The van der Waals surface area contributed by atoms with Crippen molar-refractivity contribution < 1.29 is 0 Å². The Labute approximate surface area is 120 Å². The zero-order valence-electron chi connectivity index (χ0n) is 11.2. The third-order valence-corrected chi connectivity index (χ3v) is 3.47. The monoisotopic (exact) mass is 275 g/mol. The summed E-state index contributed by atoms with van der Waals surface area (Å²) in [6.07, 6.45) is 0. The first-order valence-electron chi connectivity index (χ1n) is 6.67. The number of anilines is 1. The lowest BCUT2D eigenvalue weighted by Crippen LogP contribution is -1.90. The van der Waals surface area contributed by atoms with E-state index >= 15 is 0 Å². The summed E-state index contributed by atoms with van der Waals surface area (Å²) in [5.74, 6) is 1.30. The van der Waals surface area contributed by atoms with Crippen LogP contribution in [-0.2, 0) is 0 Å². The Bertz CT molecular complexity index is 886. The van der Waals surface area contributed by atoms with Crippen molar-refractivity contribution in [2.24, 2.45) is 0 Å². The van der Waals surface area contributed by atoms with E-state index in [0.717, 1.165) is 22.2 Å². The minimum absolute atomic E-state index is 0.599. The van der Waals surface area contributed by atoms with E-state index in [1.54, 1.807) is 0 Å². The van der Waals surface area contributed by atoms with Crippen LogP contribution < -0.4 is 5.73 Å². The molecule has 0 aliphatic heterocycles. The molecule has 102 valence electrons. The lowest BCUT2D eigenvalue weighted by molar-refractivity contribution is 1.09. The average Bonchev–Trinajstić information content (AvgIpc) is 3.14. The van der Waals surface area contributed by atoms with Crippen molar-refractivity contribution in [2.45, 2.75) is 0 Å². The highest BCUT2D eigenvalue weighted by Crippen LogP contribution is 2.25. The van der Waals surface area contributed by atoms with E-state index in [2.05, 4.69) is 26.2 Å².